The van der Waals surface area contributed by atoms with Crippen molar-refractivity contribution in [1.29, 1.82) is 0 Å². The first kappa shape index (κ1) is 26.1. The maximum atomic E-state index is 12.5. The Kier molecular flexibility index (Phi) is 7.47. The molecule has 0 saturated heterocycles. The summed E-state index contributed by atoms with van der Waals surface area (Å²) in [4.78, 5) is 41.1. The molecule has 194 valence electrons. The number of carboxylic acid groups (broad SMARTS) is 1. The zero-order valence-corrected chi connectivity index (χ0v) is 21.3. The lowest BCUT2D eigenvalue weighted by atomic mass is 9.76. The number of fused-ring (bicyclic) bond motifs is 3. The molecule has 2 aliphatic carbocycles. The fraction of sp³-hybridized carbons (Fsp3) is 0.379. The van der Waals surface area contributed by atoms with Crippen molar-refractivity contribution in [3.8, 4) is 11.1 Å². The van der Waals surface area contributed by atoms with Crippen molar-refractivity contribution in [2.24, 2.45) is 10.4 Å². The number of alkyl carbamates (subject to hydrolysis) is 1. The molecule has 8 nitrogen and oxygen atoms in total. The lowest BCUT2D eigenvalue weighted by Gasteiger charge is -2.29. The van der Waals surface area contributed by atoms with Gasteiger partial charge in [-0.25, -0.2) is 9.59 Å². The van der Waals surface area contributed by atoms with Crippen molar-refractivity contribution in [2.75, 3.05) is 13.2 Å². The highest BCUT2D eigenvalue weighted by molar-refractivity contribution is 6.22. The predicted molar refractivity (Wildman–Crippen MR) is 140 cm³/mol. The number of aliphatic hydroxyl groups is 1. The Hall–Kier alpha value is -3.94. The fourth-order valence-electron chi connectivity index (χ4n) is 5.18. The van der Waals surface area contributed by atoms with Crippen LogP contribution in [0.4, 0.5) is 4.79 Å². The molecule has 0 radical (unpaired) electrons. The zero-order valence-electron chi connectivity index (χ0n) is 21.3. The molecule has 0 bridgehead atoms. The number of nitrogens with one attached hydrogen (secondary N) is 1. The second-order valence-corrected chi connectivity index (χ2v) is 10.4. The summed E-state index contributed by atoms with van der Waals surface area (Å²) < 4.78 is 5.46. The highest BCUT2D eigenvalue weighted by atomic mass is 16.5. The van der Waals surface area contributed by atoms with Crippen molar-refractivity contribution in [3.63, 3.8) is 0 Å². The first-order valence-corrected chi connectivity index (χ1v) is 12.4. The molecule has 1 atom stereocenters. The van der Waals surface area contributed by atoms with Crippen LogP contribution in [0.2, 0.25) is 0 Å². The van der Waals surface area contributed by atoms with Gasteiger partial charge in [0.15, 0.2) is 5.78 Å². The van der Waals surface area contributed by atoms with Crippen molar-refractivity contribution in [3.05, 3.63) is 71.0 Å². The number of rotatable bonds is 8. The number of hydrogen-bond donors (Lipinski definition) is 3. The highest BCUT2D eigenvalue weighted by Crippen LogP contribution is 2.44. The minimum atomic E-state index is -1.21. The molecule has 0 heterocycles. The molecule has 2 aliphatic rings. The molecule has 3 N–H and O–H groups in total. The SMILES string of the molecule is CC(=NCCC(NC(=O)OCC1c2ccccc2-c2ccccc21)C(=O)O)C1=C(O)CC(C)(C)CC1=O. The molecule has 0 aromatic heterocycles. The van der Waals surface area contributed by atoms with Gasteiger partial charge in [-0.3, -0.25) is 9.79 Å². The standard InChI is InChI=1S/C29H32N2O6/c1-17(26-24(32)14-29(2,3)15-25(26)33)30-13-12-23(27(34)35)31-28(36)37-16-22-20-10-6-4-8-18(20)19-9-5-7-11-21(19)22/h4-11,22-23,32H,12-16H2,1-3H3,(H,31,36)(H,34,35). The van der Waals surface area contributed by atoms with Crippen LogP contribution >= 0.6 is 0 Å². The van der Waals surface area contributed by atoms with E-state index in [1.165, 1.54) is 0 Å². The van der Waals surface area contributed by atoms with Crippen LogP contribution < -0.4 is 5.32 Å². The maximum Gasteiger partial charge on any atom is 0.407 e. The summed E-state index contributed by atoms with van der Waals surface area (Å²) >= 11 is 0. The lowest BCUT2D eigenvalue weighted by Crippen LogP contribution is -2.42. The van der Waals surface area contributed by atoms with Gasteiger partial charge in [-0.1, -0.05) is 62.4 Å². The molecule has 2 aromatic rings. The van der Waals surface area contributed by atoms with E-state index < -0.39 is 18.1 Å². The Balaban J connectivity index is 1.35. The Morgan fingerprint density at radius 1 is 1.08 bits per heavy atom. The maximum absolute atomic E-state index is 12.5. The summed E-state index contributed by atoms with van der Waals surface area (Å²) in [5.41, 5.74) is 4.59. The largest absolute Gasteiger partial charge is 0.511 e. The van der Waals surface area contributed by atoms with E-state index >= 15 is 0 Å². The molecule has 37 heavy (non-hydrogen) atoms. The number of ketones is 1. The van der Waals surface area contributed by atoms with Gasteiger partial charge in [-0.2, -0.15) is 0 Å². The Labute approximate surface area is 216 Å². The van der Waals surface area contributed by atoms with Gasteiger partial charge in [0.25, 0.3) is 0 Å². The Morgan fingerprint density at radius 3 is 2.24 bits per heavy atom. The van der Waals surface area contributed by atoms with Gasteiger partial charge in [0.1, 0.15) is 18.4 Å². The third kappa shape index (κ3) is 5.74. The first-order chi connectivity index (χ1) is 17.6. The van der Waals surface area contributed by atoms with Crippen LogP contribution in [0.15, 0.2) is 64.9 Å². The number of aliphatic carboxylic acids is 1. The number of aliphatic hydroxyl groups excluding tert-OH is 1. The van der Waals surface area contributed by atoms with Gasteiger partial charge in [-0.05, 0) is 41.0 Å². The molecule has 0 aliphatic heterocycles. The van der Waals surface area contributed by atoms with Crippen molar-refractivity contribution in [1.82, 2.24) is 5.32 Å². The number of aliphatic imine (C=N–C) groups is 1. The minimum absolute atomic E-state index is 0.00456. The van der Waals surface area contributed by atoms with Crippen LogP contribution in [0.5, 0.6) is 0 Å². The summed E-state index contributed by atoms with van der Waals surface area (Å²) in [5, 5.41) is 22.4. The number of benzene rings is 2. The van der Waals surface area contributed by atoms with E-state index in [0.29, 0.717) is 18.6 Å². The number of nitrogens with zero attached hydrogens (tertiary/aromatic N) is 1. The number of carbonyl (C=O) groups is 3. The second-order valence-electron chi connectivity index (χ2n) is 10.4. The van der Waals surface area contributed by atoms with Crippen LogP contribution in [0.25, 0.3) is 11.1 Å². The van der Waals surface area contributed by atoms with Crippen LogP contribution in [0, 0.1) is 5.41 Å². The van der Waals surface area contributed by atoms with Crippen molar-refractivity contribution in [2.45, 2.75) is 52.0 Å². The van der Waals surface area contributed by atoms with Crippen LogP contribution in [-0.2, 0) is 14.3 Å². The summed E-state index contributed by atoms with van der Waals surface area (Å²) in [6.45, 7) is 5.58. The van der Waals surface area contributed by atoms with E-state index in [9.17, 15) is 24.6 Å². The van der Waals surface area contributed by atoms with Gasteiger partial charge in [0, 0.05) is 31.0 Å². The smallest absolute Gasteiger partial charge is 0.407 e. The number of hydrogen-bond acceptors (Lipinski definition) is 6. The molecule has 2 aromatic carbocycles. The number of amides is 1. The van der Waals surface area contributed by atoms with Crippen LogP contribution in [0.1, 0.15) is 57.1 Å². The van der Waals surface area contributed by atoms with Gasteiger partial charge >= 0.3 is 12.1 Å². The third-order valence-electron chi connectivity index (χ3n) is 6.91. The van der Waals surface area contributed by atoms with E-state index in [1.54, 1.807) is 6.92 Å². The summed E-state index contributed by atoms with van der Waals surface area (Å²) in [5.74, 6) is -1.51. The van der Waals surface area contributed by atoms with Gasteiger partial charge in [-0.15, -0.1) is 0 Å². The van der Waals surface area contributed by atoms with Gasteiger partial charge in [0.2, 0.25) is 0 Å². The van der Waals surface area contributed by atoms with Crippen molar-refractivity contribution < 1.29 is 29.3 Å². The highest BCUT2D eigenvalue weighted by Gasteiger charge is 2.34. The number of ether oxygens (including phenoxy) is 1. The number of allylic oxidation sites excluding steroid dienone is 2. The summed E-state index contributed by atoms with van der Waals surface area (Å²) in [6.07, 6.45) is -0.132. The van der Waals surface area contributed by atoms with E-state index in [1.807, 2.05) is 62.4 Å². The quantitative estimate of drug-likeness (QED) is 0.433. The van der Waals surface area contributed by atoms with E-state index in [2.05, 4.69) is 10.3 Å². The minimum Gasteiger partial charge on any atom is -0.511 e. The van der Waals surface area contributed by atoms with E-state index in [4.69, 9.17) is 4.74 Å². The third-order valence-corrected chi connectivity index (χ3v) is 6.91. The van der Waals surface area contributed by atoms with Gasteiger partial charge in [0.05, 0.1) is 5.57 Å². The van der Waals surface area contributed by atoms with E-state index in [-0.39, 0.29) is 48.0 Å². The lowest BCUT2D eigenvalue weighted by molar-refractivity contribution is -0.139. The average Bonchev–Trinajstić information content (AvgIpc) is 3.14. The fourth-order valence-corrected chi connectivity index (χ4v) is 5.18. The molecule has 8 heteroatoms. The molecule has 1 unspecified atom stereocenters. The number of Topliss-reactive ketones (excluding diaryl/α,β-unsaturated/α-hetero) is 1. The average molecular weight is 505 g/mol. The molecule has 4 rings (SSSR count). The Bertz CT molecular complexity index is 1250. The van der Waals surface area contributed by atoms with Crippen molar-refractivity contribution >= 4 is 23.6 Å². The van der Waals surface area contributed by atoms with Crippen LogP contribution in [0.3, 0.4) is 0 Å². The monoisotopic (exact) mass is 504 g/mol. The zero-order chi connectivity index (χ0) is 26.7. The van der Waals surface area contributed by atoms with Gasteiger partial charge < -0.3 is 20.3 Å². The first-order valence-electron chi connectivity index (χ1n) is 12.4. The molecular formula is C29H32N2O6. The number of carboxylic acids is 1. The topological polar surface area (TPSA) is 125 Å². The summed E-state index contributed by atoms with van der Waals surface area (Å²) in [6, 6.07) is 14.7. The molecule has 0 spiro atoms. The van der Waals surface area contributed by atoms with E-state index in [0.717, 1.165) is 22.3 Å². The molecule has 0 saturated carbocycles. The summed E-state index contributed by atoms with van der Waals surface area (Å²) in [7, 11) is 0. The number of carbonyl (C=O) groups excluding carboxylic acids is 2. The normalized spacial score (nSPS) is 17.7. The molecule has 0 fully saturated rings. The molecular weight excluding hydrogens is 472 g/mol. The van der Waals surface area contributed by atoms with Crippen LogP contribution in [-0.4, -0.2) is 53.0 Å². The predicted octanol–water partition coefficient (Wildman–Crippen LogP) is 5.03. The molecule has 1 amide bonds. The Morgan fingerprint density at radius 2 is 1.68 bits per heavy atom. The second kappa shape index (κ2) is 10.6.